The third kappa shape index (κ3) is 6.01. The first-order chi connectivity index (χ1) is 9.81. The van der Waals surface area contributed by atoms with Crippen molar-refractivity contribution in [1.29, 1.82) is 0 Å². The van der Waals surface area contributed by atoms with E-state index in [1.165, 1.54) is 17.0 Å². The Morgan fingerprint density at radius 3 is 2.76 bits per heavy atom. The van der Waals surface area contributed by atoms with E-state index in [0.29, 0.717) is 18.5 Å². The lowest BCUT2D eigenvalue weighted by molar-refractivity contribution is 0.206. The second kappa shape index (κ2) is 8.34. The van der Waals surface area contributed by atoms with Gasteiger partial charge in [0.05, 0.1) is 5.02 Å². The Kier molecular flexibility index (Phi) is 7.11. The third-order valence-corrected chi connectivity index (χ3v) is 4.82. The standard InChI is InChI=1S/C14H20ClFN2O2S/c1-10(21(3)20)6-7-17-14(19)18(2)9-11-4-5-12(15)13(16)8-11/h4-5,8,10H,6-7,9H2,1-3H3,(H,17,19)/t10-,21-/m0/s1. The van der Waals surface area contributed by atoms with Crippen LogP contribution in [0.25, 0.3) is 0 Å². The van der Waals surface area contributed by atoms with Crippen molar-refractivity contribution in [3.8, 4) is 0 Å². The number of rotatable bonds is 6. The van der Waals surface area contributed by atoms with Crippen molar-refractivity contribution < 1.29 is 13.4 Å². The summed E-state index contributed by atoms with van der Waals surface area (Å²) in [6.45, 7) is 2.62. The first-order valence-corrected chi connectivity index (χ1v) is 8.56. The van der Waals surface area contributed by atoms with Gasteiger partial charge < -0.3 is 10.2 Å². The molecule has 0 aromatic heterocycles. The van der Waals surface area contributed by atoms with Crippen molar-refractivity contribution in [3.63, 3.8) is 0 Å². The summed E-state index contributed by atoms with van der Waals surface area (Å²) in [5.41, 5.74) is 0.664. The highest BCUT2D eigenvalue weighted by molar-refractivity contribution is 7.84. The molecule has 0 radical (unpaired) electrons. The smallest absolute Gasteiger partial charge is 0.317 e. The Morgan fingerprint density at radius 2 is 2.19 bits per heavy atom. The van der Waals surface area contributed by atoms with Gasteiger partial charge in [-0.1, -0.05) is 24.6 Å². The monoisotopic (exact) mass is 334 g/mol. The summed E-state index contributed by atoms with van der Waals surface area (Å²) in [6.07, 6.45) is 2.30. The summed E-state index contributed by atoms with van der Waals surface area (Å²) in [5, 5.41) is 2.85. The molecule has 1 aromatic rings. The Balaban J connectivity index is 2.43. The van der Waals surface area contributed by atoms with Crippen LogP contribution in [0, 0.1) is 5.82 Å². The molecule has 0 bridgehead atoms. The SMILES string of the molecule is C[C@@H](CCNC(=O)N(C)Cc1ccc(Cl)c(F)c1)[S@](C)=O. The summed E-state index contributed by atoms with van der Waals surface area (Å²) < 4.78 is 24.5. The molecule has 0 aliphatic heterocycles. The van der Waals surface area contributed by atoms with E-state index in [0.717, 1.165) is 0 Å². The van der Waals surface area contributed by atoms with Crippen LogP contribution in [-0.4, -0.2) is 40.2 Å². The minimum Gasteiger partial charge on any atom is -0.338 e. The van der Waals surface area contributed by atoms with Gasteiger partial charge in [0, 0.05) is 42.4 Å². The van der Waals surface area contributed by atoms with Crippen molar-refractivity contribution >= 4 is 28.4 Å². The number of hydrogen-bond donors (Lipinski definition) is 1. The molecule has 7 heteroatoms. The maximum absolute atomic E-state index is 13.3. The number of benzene rings is 1. The second-order valence-corrected chi connectivity index (χ2v) is 7.14. The van der Waals surface area contributed by atoms with Crippen LogP contribution in [0.3, 0.4) is 0 Å². The summed E-state index contributed by atoms with van der Waals surface area (Å²) in [6, 6.07) is 4.21. The molecule has 1 rings (SSSR count). The molecule has 0 saturated carbocycles. The van der Waals surface area contributed by atoms with Gasteiger partial charge >= 0.3 is 6.03 Å². The molecular formula is C14H20ClFN2O2S. The van der Waals surface area contributed by atoms with E-state index in [1.54, 1.807) is 19.4 Å². The molecule has 0 aliphatic rings. The largest absolute Gasteiger partial charge is 0.338 e. The molecule has 0 heterocycles. The zero-order chi connectivity index (χ0) is 16.0. The van der Waals surface area contributed by atoms with E-state index in [4.69, 9.17) is 11.6 Å². The van der Waals surface area contributed by atoms with Gasteiger partial charge in [-0.15, -0.1) is 0 Å². The van der Waals surface area contributed by atoms with E-state index in [2.05, 4.69) is 5.32 Å². The van der Waals surface area contributed by atoms with Gasteiger partial charge in [-0.2, -0.15) is 0 Å². The van der Waals surface area contributed by atoms with Gasteiger partial charge in [0.15, 0.2) is 0 Å². The second-order valence-electron chi connectivity index (χ2n) is 4.93. The molecule has 0 saturated heterocycles. The van der Waals surface area contributed by atoms with E-state index >= 15 is 0 Å². The summed E-state index contributed by atoms with van der Waals surface area (Å²) in [4.78, 5) is 13.3. The van der Waals surface area contributed by atoms with Gasteiger partial charge in [0.1, 0.15) is 5.82 Å². The van der Waals surface area contributed by atoms with Gasteiger partial charge in [0.25, 0.3) is 0 Å². The maximum Gasteiger partial charge on any atom is 0.317 e. The fourth-order valence-electron chi connectivity index (χ4n) is 1.67. The summed E-state index contributed by atoms with van der Waals surface area (Å²) >= 11 is 5.61. The normalized spacial score (nSPS) is 13.6. The predicted molar refractivity (Wildman–Crippen MR) is 84.4 cm³/mol. The van der Waals surface area contributed by atoms with E-state index in [-0.39, 0.29) is 22.8 Å². The number of amides is 2. The Labute approximate surface area is 132 Å². The molecular weight excluding hydrogens is 315 g/mol. The van der Waals surface area contributed by atoms with Crippen molar-refractivity contribution in [3.05, 3.63) is 34.6 Å². The van der Waals surface area contributed by atoms with Crippen molar-refractivity contribution in [1.82, 2.24) is 10.2 Å². The Bertz CT molecular complexity index is 528. The van der Waals surface area contributed by atoms with Crippen LogP contribution < -0.4 is 5.32 Å². The lowest BCUT2D eigenvalue weighted by Crippen LogP contribution is -2.38. The molecule has 0 unspecified atom stereocenters. The van der Waals surface area contributed by atoms with Gasteiger partial charge in [0.2, 0.25) is 0 Å². The highest BCUT2D eigenvalue weighted by Gasteiger charge is 2.11. The van der Waals surface area contributed by atoms with Crippen LogP contribution in [0.5, 0.6) is 0 Å². The van der Waals surface area contributed by atoms with Gasteiger partial charge in [-0.05, 0) is 24.1 Å². The molecule has 0 spiro atoms. The van der Waals surface area contributed by atoms with Crippen LogP contribution in [0.2, 0.25) is 5.02 Å². The fraction of sp³-hybridized carbons (Fsp3) is 0.500. The van der Waals surface area contributed by atoms with Crippen molar-refractivity contribution in [2.45, 2.75) is 25.1 Å². The number of halogens is 2. The van der Waals surface area contributed by atoms with Crippen LogP contribution in [0.15, 0.2) is 18.2 Å². The zero-order valence-electron chi connectivity index (χ0n) is 12.4. The van der Waals surface area contributed by atoms with Crippen LogP contribution in [0.4, 0.5) is 9.18 Å². The van der Waals surface area contributed by atoms with Crippen LogP contribution in [-0.2, 0) is 17.3 Å². The predicted octanol–water partition coefficient (Wildman–Crippen LogP) is 2.78. The van der Waals surface area contributed by atoms with Gasteiger partial charge in [-0.3, -0.25) is 4.21 Å². The minimum absolute atomic E-state index is 0.0426. The number of carbonyl (C=O) groups is 1. The first-order valence-electron chi connectivity index (χ1n) is 6.56. The lowest BCUT2D eigenvalue weighted by Gasteiger charge is -2.19. The van der Waals surface area contributed by atoms with Crippen molar-refractivity contribution in [2.75, 3.05) is 19.8 Å². The average Bonchev–Trinajstić information content (AvgIpc) is 2.42. The quantitative estimate of drug-likeness (QED) is 0.869. The van der Waals surface area contributed by atoms with Crippen LogP contribution in [0.1, 0.15) is 18.9 Å². The summed E-state index contributed by atoms with van der Waals surface area (Å²) in [5.74, 6) is -0.498. The average molecular weight is 335 g/mol. The topological polar surface area (TPSA) is 49.4 Å². The molecule has 4 nitrogen and oxygen atoms in total. The maximum atomic E-state index is 13.3. The van der Waals surface area contributed by atoms with Crippen molar-refractivity contribution in [2.24, 2.45) is 0 Å². The molecule has 118 valence electrons. The minimum atomic E-state index is -0.891. The molecule has 2 amide bonds. The molecule has 21 heavy (non-hydrogen) atoms. The molecule has 0 fully saturated rings. The number of carbonyl (C=O) groups excluding carboxylic acids is 1. The number of hydrogen-bond acceptors (Lipinski definition) is 2. The highest BCUT2D eigenvalue weighted by Crippen LogP contribution is 2.16. The summed E-state index contributed by atoms with van der Waals surface area (Å²) in [7, 11) is 0.737. The van der Waals surface area contributed by atoms with E-state index in [1.807, 2.05) is 6.92 Å². The van der Waals surface area contributed by atoms with E-state index < -0.39 is 16.6 Å². The lowest BCUT2D eigenvalue weighted by atomic mass is 10.2. The van der Waals surface area contributed by atoms with E-state index in [9.17, 15) is 13.4 Å². The fourth-order valence-corrected chi connectivity index (χ4v) is 2.23. The first kappa shape index (κ1) is 17.9. The van der Waals surface area contributed by atoms with Gasteiger partial charge in [-0.25, -0.2) is 9.18 Å². The van der Waals surface area contributed by atoms with Crippen LogP contribution >= 0.6 is 11.6 Å². The number of nitrogens with one attached hydrogen (secondary N) is 1. The molecule has 1 aromatic carbocycles. The number of urea groups is 1. The molecule has 0 aliphatic carbocycles. The molecule has 1 N–H and O–H groups in total. The molecule has 2 atom stereocenters. The third-order valence-electron chi connectivity index (χ3n) is 3.14. The zero-order valence-corrected chi connectivity index (χ0v) is 13.9. The Morgan fingerprint density at radius 1 is 1.52 bits per heavy atom. The highest BCUT2D eigenvalue weighted by atomic mass is 35.5. The Hall–Kier alpha value is -1.14. The number of nitrogens with zero attached hydrogens (tertiary/aromatic N) is 1.